The number of anilines is 1. The van der Waals surface area contributed by atoms with Gasteiger partial charge in [0.05, 0.1) is 17.3 Å². The Labute approximate surface area is 144 Å². The van der Waals surface area contributed by atoms with E-state index in [0.29, 0.717) is 42.2 Å². The first-order valence-electron chi connectivity index (χ1n) is 6.95. The van der Waals surface area contributed by atoms with Crippen LogP contribution < -0.4 is 4.90 Å². The van der Waals surface area contributed by atoms with Crippen LogP contribution in [0.25, 0.3) is 0 Å². The number of aromatic nitrogens is 2. The van der Waals surface area contributed by atoms with Gasteiger partial charge in [-0.1, -0.05) is 29.3 Å². The Bertz CT molecular complexity index is 808. The summed E-state index contributed by atoms with van der Waals surface area (Å²) in [4.78, 5) is 10.4. The van der Waals surface area contributed by atoms with Gasteiger partial charge in [-0.3, -0.25) is 4.98 Å². The van der Waals surface area contributed by atoms with Gasteiger partial charge in [-0.05, 0) is 18.2 Å². The van der Waals surface area contributed by atoms with E-state index in [0.717, 1.165) is 0 Å². The van der Waals surface area contributed by atoms with Crippen molar-refractivity contribution < 1.29 is 8.42 Å². The number of hydrogen-bond acceptors (Lipinski definition) is 5. The van der Waals surface area contributed by atoms with E-state index in [2.05, 4.69) is 9.97 Å². The lowest BCUT2D eigenvalue weighted by Crippen LogP contribution is -2.48. The summed E-state index contributed by atoms with van der Waals surface area (Å²) in [5, 5.41) is 0.718. The van der Waals surface area contributed by atoms with Crippen molar-refractivity contribution in [3.05, 3.63) is 46.8 Å². The lowest BCUT2D eigenvalue weighted by molar-refractivity contribution is 0.383. The average Bonchev–Trinajstić information content (AvgIpc) is 2.55. The van der Waals surface area contributed by atoms with Gasteiger partial charge in [0.25, 0.3) is 0 Å². The third-order valence-electron chi connectivity index (χ3n) is 3.59. The molecule has 6 nitrogen and oxygen atoms in total. The van der Waals surface area contributed by atoms with Gasteiger partial charge in [0.1, 0.15) is 11.0 Å². The molecule has 1 aliphatic heterocycles. The van der Waals surface area contributed by atoms with Crippen molar-refractivity contribution in [3.8, 4) is 0 Å². The molecule has 0 atom stereocenters. The van der Waals surface area contributed by atoms with Gasteiger partial charge >= 0.3 is 0 Å². The Morgan fingerprint density at radius 1 is 1.04 bits per heavy atom. The summed E-state index contributed by atoms with van der Waals surface area (Å²) in [6, 6.07) is 6.30. The Morgan fingerprint density at radius 2 is 1.78 bits per heavy atom. The number of nitrogens with zero attached hydrogens (tertiary/aromatic N) is 4. The molecule has 122 valence electrons. The standard InChI is InChI=1S/C14H14Cl2N4O2S/c15-11-2-1-3-12(8-11)23(21,22)20-6-4-19(5-7-20)14-10-17-9-13(16)18-14/h1-3,8-10H,4-7H2. The van der Waals surface area contributed by atoms with Crippen LogP contribution in [-0.4, -0.2) is 48.9 Å². The van der Waals surface area contributed by atoms with Crippen molar-refractivity contribution in [3.63, 3.8) is 0 Å². The zero-order chi connectivity index (χ0) is 16.4. The molecule has 23 heavy (non-hydrogen) atoms. The Kier molecular flexibility index (Phi) is 4.72. The fraction of sp³-hybridized carbons (Fsp3) is 0.286. The van der Waals surface area contributed by atoms with Gasteiger partial charge in [0, 0.05) is 31.2 Å². The van der Waals surface area contributed by atoms with E-state index in [1.54, 1.807) is 24.4 Å². The van der Waals surface area contributed by atoms with Crippen molar-refractivity contribution in [1.82, 2.24) is 14.3 Å². The average molecular weight is 373 g/mol. The molecule has 1 aliphatic rings. The molecule has 0 aliphatic carbocycles. The fourth-order valence-electron chi connectivity index (χ4n) is 2.42. The SMILES string of the molecule is O=S(=O)(c1cccc(Cl)c1)N1CCN(c2cncc(Cl)n2)CC1. The Morgan fingerprint density at radius 3 is 2.43 bits per heavy atom. The molecule has 0 unspecified atom stereocenters. The second-order valence-electron chi connectivity index (χ2n) is 5.05. The lowest BCUT2D eigenvalue weighted by Gasteiger charge is -2.34. The van der Waals surface area contributed by atoms with Crippen molar-refractivity contribution in [2.45, 2.75) is 4.90 Å². The first-order valence-corrected chi connectivity index (χ1v) is 9.14. The van der Waals surface area contributed by atoms with Crippen molar-refractivity contribution in [2.75, 3.05) is 31.1 Å². The maximum Gasteiger partial charge on any atom is 0.243 e. The maximum atomic E-state index is 12.6. The highest BCUT2D eigenvalue weighted by Crippen LogP contribution is 2.22. The molecular weight excluding hydrogens is 359 g/mol. The van der Waals surface area contributed by atoms with E-state index in [4.69, 9.17) is 23.2 Å². The second-order valence-corrected chi connectivity index (χ2v) is 7.81. The predicted molar refractivity (Wildman–Crippen MR) is 89.5 cm³/mol. The topological polar surface area (TPSA) is 66.4 Å². The minimum Gasteiger partial charge on any atom is -0.353 e. The summed E-state index contributed by atoms with van der Waals surface area (Å²) in [5.41, 5.74) is 0. The minimum atomic E-state index is -3.54. The van der Waals surface area contributed by atoms with Crippen molar-refractivity contribution >= 4 is 39.0 Å². The molecule has 2 heterocycles. The van der Waals surface area contributed by atoms with E-state index < -0.39 is 10.0 Å². The number of hydrogen-bond donors (Lipinski definition) is 0. The summed E-state index contributed by atoms with van der Waals surface area (Å²) < 4.78 is 26.7. The molecule has 1 fully saturated rings. The zero-order valence-corrected chi connectivity index (χ0v) is 14.4. The van der Waals surface area contributed by atoms with Gasteiger partial charge < -0.3 is 4.90 Å². The maximum absolute atomic E-state index is 12.6. The summed E-state index contributed by atoms with van der Waals surface area (Å²) in [6.45, 7) is 1.77. The summed E-state index contributed by atoms with van der Waals surface area (Å²) >= 11 is 11.7. The van der Waals surface area contributed by atoms with E-state index in [-0.39, 0.29) is 4.90 Å². The fourth-order valence-corrected chi connectivity index (χ4v) is 4.29. The quantitative estimate of drug-likeness (QED) is 0.826. The van der Waals surface area contributed by atoms with Gasteiger partial charge in [-0.25, -0.2) is 13.4 Å². The van der Waals surface area contributed by atoms with E-state index in [1.807, 2.05) is 4.90 Å². The van der Waals surface area contributed by atoms with E-state index in [1.165, 1.54) is 16.6 Å². The van der Waals surface area contributed by atoms with Gasteiger partial charge in [0.15, 0.2) is 0 Å². The smallest absolute Gasteiger partial charge is 0.243 e. The highest BCUT2D eigenvalue weighted by Gasteiger charge is 2.29. The number of sulfonamides is 1. The minimum absolute atomic E-state index is 0.209. The van der Waals surface area contributed by atoms with Crippen LogP contribution in [0.3, 0.4) is 0 Å². The monoisotopic (exact) mass is 372 g/mol. The third-order valence-corrected chi connectivity index (χ3v) is 5.90. The van der Waals surface area contributed by atoms with Crippen LogP contribution in [0, 0.1) is 0 Å². The zero-order valence-electron chi connectivity index (χ0n) is 12.1. The molecule has 0 spiro atoms. The molecule has 1 aromatic heterocycles. The molecule has 0 radical (unpaired) electrons. The van der Waals surface area contributed by atoms with Crippen LogP contribution in [0.4, 0.5) is 5.82 Å². The van der Waals surface area contributed by atoms with Gasteiger partial charge in [-0.15, -0.1) is 0 Å². The summed E-state index contributed by atoms with van der Waals surface area (Å²) in [6.07, 6.45) is 3.08. The second kappa shape index (κ2) is 6.60. The van der Waals surface area contributed by atoms with Gasteiger partial charge in [0.2, 0.25) is 10.0 Å². The van der Waals surface area contributed by atoms with Gasteiger partial charge in [-0.2, -0.15) is 4.31 Å². The van der Waals surface area contributed by atoms with Crippen molar-refractivity contribution in [1.29, 1.82) is 0 Å². The van der Waals surface area contributed by atoms with Crippen LogP contribution in [0.5, 0.6) is 0 Å². The Hall–Kier alpha value is -1.41. The van der Waals surface area contributed by atoms with Crippen LogP contribution in [0.1, 0.15) is 0 Å². The predicted octanol–water partition coefficient (Wildman–Crippen LogP) is 2.29. The highest BCUT2D eigenvalue weighted by atomic mass is 35.5. The highest BCUT2D eigenvalue weighted by molar-refractivity contribution is 7.89. The van der Waals surface area contributed by atoms with E-state index in [9.17, 15) is 8.42 Å². The molecule has 2 aromatic rings. The number of benzene rings is 1. The van der Waals surface area contributed by atoms with Crippen LogP contribution >= 0.6 is 23.2 Å². The lowest BCUT2D eigenvalue weighted by atomic mass is 10.3. The third kappa shape index (κ3) is 3.58. The van der Waals surface area contributed by atoms with Crippen LogP contribution in [0.2, 0.25) is 10.2 Å². The molecule has 0 saturated carbocycles. The molecule has 0 bridgehead atoms. The molecule has 0 amide bonds. The Balaban J connectivity index is 1.73. The number of piperazine rings is 1. The first kappa shape index (κ1) is 16.4. The van der Waals surface area contributed by atoms with Crippen LogP contribution in [0.15, 0.2) is 41.6 Å². The first-order chi connectivity index (χ1) is 11.0. The summed E-state index contributed by atoms with van der Waals surface area (Å²) in [7, 11) is -3.54. The normalized spacial score (nSPS) is 16.5. The molecule has 9 heteroatoms. The molecular formula is C14H14Cl2N4O2S. The van der Waals surface area contributed by atoms with Crippen molar-refractivity contribution in [2.24, 2.45) is 0 Å². The summed E-state index contributed by atoms with van der Waals surface area (Å²) in [5.74, 6) is 0.650. The molecule has 1 aromatic carbocycles. The number of rotatable bonds is 3. The van der Waals surface area contributed by atoms with E-state index >= 15 is 0 Å². The molecule has 3 rings (SSSR count). The molecule has 0 N–H and O–H groups in total. The largest absolute Gasteiger partial charge is 0.353 e. The molecule has 1 saturated heterocycles. The van der Waals surface area contributed by atoms with Crippen LogP contribution in [-0.2, 0) is 10.0 Å². The number of halogens is 2.